The molecule has 4 rings (SSSR count). The number of fused-ring (bicyclic) bond motifs is 1. The van der Waals surface area contributed by atoms with Gasteiger partial charge in [0.2, 0.25) is 11.8 Å². The molecule has 146 valence electrons. The molecule has 5 nitrogen and oxygen atoms in total. The zero-order valence-corrected chi connectivity index (χ0v) is 16.7. The second-order valence-electron chi connectivity index (χ2n) is 8.88. The van der Waals surface area contributed by atoms with Crippen molar-refractivity contribution in [3.8, 4) is 0 Å². The molecule has 0 bridgehead atoms. The van der Waals surface area contributed by atoms with Gasteiger partial charge in [0.25, 0.3) is 0 Å². The molecule has 2 amide bonds. The summed E-state index contributed by atoms with van der Waals surface area (Å²) in [4.78, 5) is 31.9. The second-order valence-corrected chi connectivity index (χ2v) is 8.88. The fourth-order valence-electron chi connectivity index (χ4n) is 5.07. The number of likely N-dealkylation sites (N-methyl/N-ethyl adjacent to an activating group) is 1. The molecular weight excluding hydrogens is 338 g/mol. The number of aryl methyl sites for hydroxylation is 1. The zero-order chi connectivity index (χ0) is 19.1. The third kappa shape index (κ3) is 3.38. The first-order valence-corrected chi connectivity index (χ1v) is 10.2. The minimum atomic E-state index is 0.0860. The largest absolute Gasteiger partial charge is 0.342 e. The summed E-state index contributed by atoms with van der Waals surface area (Å²) in [7, 11) is 3.88. The number of hydrogen-bond donors (Lipinski definition) is 0. The molecule has 0 aromatic heterocycles. The summed E-state index contributed by atoms with van der Waals surface area (Å²) in [5, 5.41) is 0. The number of rotatable bonds is 4. The van der Waals surface area contributed by atoms with Gasteiger partial charge in [-0.25, -0.2) is 0 Å². The van der Waals surface area contributed by atoms with Crippen molar-refractivity contribution in [3.63, 3.8) is 0 Å². The van der Waals surface area contributed by atoms with Crippen molar-refractivity contribution in [1.29, 1.82) is 0 Å². The highest BCUT2D eigenvalue weighted by Gasteiger charge is 2.51. The summed E-state index contributed by atoms with van der Waals surface area (Å²) in [6.45, 7) is 4.94. The first kappa shape index (κ1) is 18.5. The van der Waals surface area contributed by atoms with Crippen LogP contribution >= 0.6 is 0 Å². The Labute approximate surface area is 162 Å². The molecule has 0 spiro atoms. The number of benzene rings is 1. The van der Waals surface area contributed by atoms with Gasteiger partial charge in [0.1, 0.15) is 0 Å². The van der Waals surface area contributed by atoms with E-state index in [1.807, 2.05) is 19.0 Å². The van der Waals surface area contributed by atoms with E-state index in [0.717, 1.165) is 32.5 Å². The molecule has 3 aliphatic rings. The molecule has 5 heteroatoms. The van der Waals surface area contributed by atoms with E-state index in [1.54, 1.807) is 0 Å². The number of amides is 2. The number of nitrogens with zero attached hydrogens (tertiary/aromatic N) is 3. The molecule has 0 N–H and O–H groups in total. The first-order chi connectivity index (χ1) is 13.0. The molecular formula is C22H31N3O2. The van der Waals surface area contributed by atoms with E-state index in [0.29, 0.717) is 24.3 Å². The monoisotopic (exact) mass is 369 g/mol. The Hall–Kier alpha value is -1.88. The quantitative estimate of drug-likeness (QED) is 0.818. The molecule has 0 unspecified atom stereocenters. The number of carbonyl (C=O) groups is 2. The van der Waals surface area contributed by atoms with Crippen LogP contribution in [0.25, 0.3) is 0 Å². The van der Waals surface area contributed by atoms with E-state index in [2.05, 4.69) is 41.0 Å². The highest BCUT2D eigenvalue weighted by molar-refractivity contribution is 5.81. The van der Waals surface area contributed by atoms with Crippen LogP contribution in [0, 0.1) is 24.7 Å². The molecule has 1 aromatic carbocycles. The number of carbonyl (C=O) groups excluding carboxylic acids is 2. The van der Waals surface area contributed by atoms with Crippen LogP contribution in [0.1, 0.15) is 36.4 Å². The van der Waals surface area contributed by atoms with Crippen LogP contribution < -0.4 is 0 Å². The SMILES string of the molecule is Cc1ccccc1[C@H]1[C@@H]2CN(C(=O)C3CCC3)C[C@@H]2CN1C(=O)CN(C)C. The van der Waals surface area contributed by atoms with Crippen LogP contribution in [-0.4, -0.2) is 66.8 Å². The van der Waals surface area contributed by atoms with Crippen LogP contribution in [-0.2, 0) is 9.59 Å². The number of hydrogen-bond acceptors (Lipinski definition) is 3. The summed E-state index contributed by atoms with van der Waals surface area (Å²) in [5.74, 6) is 1.54. The van der Waals surface area contributed by atoms with Gasteiger partial charge in [-0.3, -0.25) is 9.59 Å². The van der Waals surface area contributed by atoms with Crippen LogP contribution in [0.4, 0.5) is 0 Å². The Morgan fingerprint density at radius 1 is 1.11 bits per heavy atom. The van der Waals surface area contributed by atoms with Gasteiger partial charge in [0.15, 0.2) is 0 Å². The van der Waals surface area contributed by atoms with E-state index in [4.69, 9.17) is 0 Å². The Kier molecular flexibility index (Phi) is 4.97. The minimum absolute atomic E-state index is 0.0860. The zero-order valence-electron chi connectivity index (χ0n) is 16.7. The number of likely N-dealkylation sites (tertiary alicyclic amines) is 2. The van der Waals surface area contributed by atoms with Crippen molar-refractivity contribution in [3.05, 3.63) is 35.4 Å². The third-order valence-corrected chi connectivity index (χ3v) is 6.71. The maximum atomic E-state index is 13.0. The lowest BCUT2D eigenvalue weighted by Gasteiger charge is -2.33. The van der Waals surface area contributed by atoms with Gasteiger partial charge in [0.05, 0.1) is 12.6 Å². The average Bonchev–Trinajstić information content (AvgIpc) is 3.11. The van der Waals surface area contributed by atoms with Gasteiger partial charge in [-0.15, -0.1) is 0 Å². The van der Waals surface area contributed by atoms with Gasteiger partial charge in [-0.1, -0.05) is 30.7 Å². The van der Waals surface area contributed by atoms with Gasteiger partial charge in [-0.2, -0.15) is 0 Å². The predicted octanol–water partition coefficient (Wildman–Crippen LogP) is 2.31. The minimum Gasteiger partial charge on any atom is -0.342 e. The lowest BCUT2D eigenvalue weighted by molar-refractivity contribution is -0.138. The molecule has 1 aromatic rings. The van der Waals surface area contributed by atoms with Crippen molar-refractivity contribution in [2.24, 2.45) is 17.8 Å². The highest BCUT2D eigenvalue weighted by Crippen LogP contribution is 2.46. The molecule has 1 aliphatic carbocycles. The maximum absolute atomic E-state index is 13.0. The maximum Gasteiger partial charge on any atom is 0.237 e. The smallest absolute Gasteiger partial charge is 0.237 e. The Bertz CT molecular complexity index is 728. The van der Waals surface area contributed by atoms with Gasteiger partial charge in [-0.05, 0) is 45.0 Å². The third-order valence-electron chi connectivity index (χ3n) is 6.71. The van der Waals surface area contributed by atoms with E-state index < -0.39 is 0 Å². The molecule has 3 fully saturated rings. The van der Waals surface area contributed by atoms with Gasteiger partial charge < -0.3 is 14.7 Å². The molecule has 2 saturated heterocycles. The van der Waals surface area contributed by atoms with Crippen LogP contribution in [0.5, 0.6) is 0 Å². The van der Waals surface area contributed by atoms with E-state index in [9.17, 15) is 9.59 Å². The van der Waals surface area contributed by atoms with Crippen molar-refractivity contribution in [2.45, 2.75) is 32.2 Å². The van der Waals surface area contributed by atoms with Crippen molar-refractivity contribution in [1.82, 2.24) is 14.7 Å². The van der Waals surface area contributed by atoms with Crippen LogP contribution in [0.15, 0.2) is 24.3 Å². The molecule has 0 radical (unpaired) electrons. The first-order valence-electron chi connectivity index (χ1n) is 10.2. The van der Waals surface area contributed by atoms with Crippen molar-refractivity contribution >= 4 is 11.8 Å². The van der Waals surface area contributed by atoms with Crippen molar-refractivity contribution in [2.75, 3.05) is 40.3 Å². The Morgan fingerprint density at radius 2 is 1.85 bits per heavy atom. The lowest BCUT2D eigenvalue weighted by atomic mass is 9.84. The van der Waals surface area contributed by atoms with Gasteiger partial charge >= 0.3 is 0 Å². The normalized spacial score (nSPS) is 27.8. The molecule has 2 heterocycles. The van der Waals surface area contributed by atoms with Crippen LogP contribution in [0.2, 0.25) is 0 Å². The molecule has 2 aliphatic heterocycles. The summed E-state index contributed by atoms with van der Waals surface area (Å²) in [5.41, 5.74) is 2.48. The van der Waals surface area contributed by atoms with E-state index in [1.165, 1.54) is 17.5 Å². The Balaban J connectivity index is 1.59. The van der Waals surface area contributed by atoms with Gasteiger partial charge in [0, 0.05) is 37.4 Å². The molecule has 1 saturated carbocycles. The average molecular weight is 370 g/mol. The molecule has 3 atom stereocenters. The van der Waals surface area contributed by atoms with E-state index in [-0.39, 0.29) is 17.9 Å². The Morgan fingerprint density at radius 3 is 2.48 bits per heavy atom. The fraction of sp³-hybridized carbons (Fsp3) is 0.636. The highest BCUT2D eigenvalue weighted by atomic mass is 16.2. The van der Waals surface area contributed by atoms with Crippen molar-refractivity contribution < 1.29 is 9.59 Å². The second kappa shape index (κ2) is 7.27. The fourth-order valence-corrected chi connectivity index (χ4v) is 5.07. The summed E-state index contributed by atoms with van der Waals surface area (Å²) < 4.78 is 0. The standard InChI is InChI=1S/C22H31N3O2/c1-15-7-4-5-10-18(15)21-19-13-24(22(27)16-8-6-9-16)11-17(19)12-25(21)20(26)14-23(2)3/h4-5,7,10,16-17,19,21H,6,8-9,11-14H2,1-3H3/t17-,19-,21+/m1/s1. The molecule has 27 heavy (non-hydrogen) atoms. The summed E-state index contributed by atoms with van der Waals surface area (Å²) in [6.07, 6.45) is 3.30. The lowest BCUT2D eigenvalue weighted by Crippen LogP contribution is -2.42. The van der Waals surface area contributed by atoms with E-state index >= 15 is 0 Å². The summed E-state index contributed by atoms with van der Waals surface area (Å²) in [6, 6.07) is 8.50. The summed E-state index contributed by atoms with van der Waals surface area (Å²) >= 11 is 0. The topological polar surface area (TPSA) is 43.9 Å². The van der Waals surface area contributed by atoms with Crippen LogP contribution in [0.3, 0.4) is 0 Å². The predicted molar refractivity (Wildman–Crippen MR) is 105 cm³/mol.